The standard InChI is InChI=1S/C19H22N2O3/c1-13-3-6-15(7-4-13)18(20)19(22)21-12-14-5-8-16-17(11-14)24-10-2-9-23-16/h3-8,11,18H,2,9-10,12,20H2,1H3,(H,21,22). The van der Waals surface area contributed by atoms with Crippen molar-refractivity contribution in [3.8, 4) is 11.5 Å². The Hall–Kier alpha value is -2.53. The quantitative estimate of drug-likeness (QED) is 0.905. The summed E-state index contributed by atoms with van der Waals surface area (Å²) in [7, 11) is 0. The topological polar surface area (TPSA) is 73.6 Å². The maximum Gasteiger partial charge on any atom is 0.241 e. The van der Waals surface area contributed by atoms with Crippen molar-refractivity contribution in [3.05, 3.63) is 59.2 Å². The summed E-state index contributed by atoms with van der Waals surface area (Å²) in [6.45, 7) is 3.70. The lowest BCUT2D eigenvalue weighted by Gasteiger charge is -2.14. The Morgan fingerprint density at radius 1 is 1.12 bits per heavy atom. The van der Waals surface area contributed by atoms with Crippen molar-refractivity contribution in [2.24, 2.45) is 5.73 Å². The Bertz CT molecular complexity index is 713. The molecule has 1 heterocycles. The van der Waals surface area contributed by atoms with Crippen molar-refractivity contribution in [1.29, 1.82) is 0 Å². The summed E-state index contributed by atoms with van der Waals surface area (Å²) >= 11 is 0. The molecule has 3 N–H and O–H groups in total. The van der Waals surface area contributed by atoms with E-state index in [1.807, 2.05) is 49.4 Å². The first kappa shape index (κ1) is 16.3. The van der Waals surface area contributed by atoms with Gasteiger partial charge in [0.25, 0.3) is 0 Å². The van der Waals surface area contributed by atoms with Crippen LogP contribution in [0.4, 0.5) is 0 Å². The van der Waals surface area contributed by atoms with Gasteiger partial charge in [-0.1, -0.05) is 35.9 Å². The van der Waals surface area contributed by atoms with Crippen LogP contribution in [0, 0.1) is 6.92 Å². The molecule has 3 rings (SSSR count). The van der Waals surface area contributed by atoms with Gasteiger partial charge in [0.15, 0.2) is 11.5 Å². The van der Waals surface area contributed by atoms with Crippen LogP contribution >= 0.6 is 0 Å². The molecule has 0 aromatic heterocycles. The zero-order chi connectivity index (χ0) is 16.9. The minimum Gasteiger partial charge on any atom is -0.490 e. The maximum absolute atomic E-state index is 12.3. The molecule has 24 heavy (non-hydrogen) atoms. The molecule has 0 spiro atoms. The van der Waals surface area contributed by atoms with E-state index >= 15 is 0 Å². The second-order valence-corrected chi connectivity index (χ2v) is 5.94. The second kappa shape index (κ2) is 7.36. The first-order valence-corrected chi connectivity index (χ1v) is 8.12. The first-order valence-electron chi connectivity index (χ1n) is 8.12. The highest BCUT2D eigenvalue weighted by atomic mass is 16.5. The number of carbonyl (C=O) groups excluding carboxylic acids is 1. The number of rotatable bonds is 4. The van der Waals surface area contributed by atoms with E-state index in [0.717, 1.165) is 34.6 Å². The molecule has 0 saturated carbocycles. The van der Waals surface area contributed by atoms with Gasteiger partial charge < -0.3 is 20.5 Å². The number of hydrogen-bond acceptors (Lipinski definition) is 4. The largest absolute Gasteiger partial charge is 0.490 e. The summed E-state index contributed by atoms with van der Waals surface area (Å²) in [5.74, 6) is 1.27. The summed E-state index contributed by atoms with van der Waals surface area (Å²) in [5, 5.41) is 2.87. The Kier molecular flexibility index (Phi) is 5.01. The van der Waals surface area contributed by atoms with E-state index < -0.39 is 6.04 Å². The van der Waals surface area contributed by atoms with E-state index in [2.05, 4.69) is 5.32 Å². The van der Waals surface area contributed by atoms with Gasteiger partial charge >= 0.3 is 0 Å². The molecule has 0 saturated heterocycles. The third-order valence-electron chi connectivity index (χ3n) is 4.00. The van der Waals surface area contributed by atoms with Crippen LogP contribution in [0.3, 0.4) is 0 Å². The smallest absolute Gasteiger partial charge is 0.241 e. The van der Waals surface area contributed by atoms with Gasteiger partial charge in [0.05, 0.1) is 13.2 Å². The monoisotopic (exact) mass is 326 g/mol. The molecule has 1 aliphatic heterocycles. The summed E-state index contributed by atoms with van der Waals surface area (Å²) in [5.41, 5.74) is 8.92. The van der Waals surface area contributed by atoms with Crippen molar-refractivity contribution in [1.82, 2.24) is 5.32 Å². The van der Waals surface area contributed by atoms with Gasteiger partial charge in [-0.3, -0.25) is 4.79 Å². The van der Waals surface area contributed by atoms with Gasteiger partial charge in [0.1, 0.15) is 6.04 Å². The van der Waals surface area contributed by atoms with Gasteiger partial charge in [0, 0.05) is 13.0 Å². The minimum absolute atomic E-state index is 0.203. The number of carbonyl (C=O) groups is 1. The van der Waals surface area contributed by atoms with Crippen LogP contribution in [0.15, 0.2) is 42.5 Å². The third kappa shape index (κ3) is 3.86. The summed E-state index contributed by atoms with van der Waals surface area (Å²) in [6, 6.07) is 12.7. The minimum atomic E-state index is -0.675. The maximum atomic E-state index is 12.3. The lowest BCUT2D eigenvalue weighted by Crippen LogP contribution is -2.33. The zero-order valence-corrected chi connectivity index (χ0v) is 13.7. The molecular formula is C19H22N2O3. The van der Waals surface area contributed by atoms with E-state index in [-0.39, 0.29) is 5.91 Å². The Labute approximate surface area is 141 Å². The van der Waals surface area contributed by atoms with Crippen LogP contribution in [0.25, 0.3) is 0 Å². The molecule has 5 nitrogen and oxygen atoms in total. The van der Waals surface area contributed by atoms with E-state index in [1.54, 1.807) is 0 Å². The molecule has 1 aliphatic rings. The summed E-state index contributed by atoms with van der Waals surface area (Å²) in [4.78, 5) is 12.3. The molecule has 1 amide bonds. The summed E-state index contributed by atoms with van der Waals surface area (Å²) < 4.78 is 11.3. The van der Waals surface area contributed by atoms with Crippen LogP contribution in [0.1, 0.15) is 29.2 Å². The van der Waals surface area contributed by atoms with Crippen LogP contribution < -0.4 is 20.5 Å². The number of nitrogens with two attached hydrogens (primary N) is 1. The van der Waals surface area contributed by atoms with Gasteiger partial charge in [-0.05, 0) is 30.2 Å². The zero-order valence-electron chi connectivity index (χ0n) is 13.7. The lowest BCUT2D eigenvalue weighted by atomic mass is 10.1. The summed E-state index contributed by atoms with van der Waals surface area (Å²) in [6.07, 6.45) is 0.867. The van der Waals surface area contributed by atoms with Crippen LogP contribution in [-0.4, -0.2) is 19.1 Å². The third-order valence-corrected chi connectivity index (χ3v) is 4.00. The average Bonchev–Trinajstić information content (AvgIpc) is 2.84. The van der Waals surface area contributed by atoms with E-state index in [1.165, 1.54) is 0 Å². The fourth-order valence-electron chi connectivity index (χ4n) is 2.54. The van der Waals surface area contributed by atoms with Gasteiger partial charge in [-0.2, -0.15) is 0 Å². The Morgan fingerprint density at radius 3 is 2.58 bits per heavy atom. The second-order valence-electron chi connectivity index (χ2n) is 5.94. The van der Waals surface area contributed by atoms with Crippen molar-refractivity contribution in [3.63, 3.8) is 0 Å². The highest BCUT2D eigenvalue weighted by Gasteiger charge is 2.16. The van der Waals surface area contributed by atoms with E-state index in [9.17, 15) is 4.79 Å². The predicted octanol–water partition coefficient (Wildman–Crippen LogP) is 2.47. The molecule has 126 valence electrons. The lowest BCUT2D eigenvalue weighted by molar-refractivity contribution is -0.122. The van der Waals surface area contributed by atoms with Gasteiger partial charge in [0.2, 0.25) is 5.91 Å². The molecule has 0 bridgehead atoms. The molecule has 0 aliphatic carbocycles. The fourth-order valence-corrected chi connectivity index (χ4v) is 2.54. The molecule has 0 radical (unpaired) electrons. The van der Waals surface area contributed by atoms with Crippen LogP contribution in [0.5, 0.6) is 11.5 Å². The number of ether oxygens (including phenoxy) is 2. The number of amides is 1. The SMILES string of the molecule is Cc1ccc(C(N)C(=O)NCc2ccc3c(c2)OCCCO3)cc1. The molecule has 1 atom stereocenters. The molecular weight excluding hydrogens is 304 g/mol. The van der Waals surface area contributed by atoms with Crippen molar-refractivity contribution >= 4 is 5.91 Å². The number of nitrogens with one attached hydrogen (secondary N) is 1. The molecule has 2 aromatic rings. The fraction of sp³-hybridized carbons (Fsp3) is 0.316. The molecule has 2 aromatic carbocycles. The first-order chi connectivity index (χ1) is 11.6. The number of fused-ring (bicyclic) bond motifs is 1. The van der Waals surface area contributed by atoms with E-state index in [0.29, 0.717) is 19.8 Å². The molecule has 1 unspecified atom stereocenters. The predicted molar refractivity (Wildman–Crippen MR) is 92.0 cm³/mol. The van der Waals surface area contributed by atoms with Crippen LogP contribution in [0.2, 0.25) is 0 Å². The van der Waals surface area contributed by atoms with Crippen molar-refractivity contribution < 1.29 is 14.3 Å². The average molecular weight is 326 g/mol. The van der Waals surface area contributed by atoms with E-state index in [4.69, 9.17) is 15.2 Å². The number of benzene rings is 2. The molecule has 5 heteroatoms. The van der Waals surface area contributed by atoms with Gasteiger partial charge in [-0.15, -0.1) is 0 Å². The van der Waals surface area contributed by atoms with Crippen molar-refractivity contribution in [2.75, 3.05) is 13.2 Å². The highest BCUT2D eigenvalue weighted by Crippen LogP contribution is 2.30. The van der Waals surface area contributed by atoms with Crippen molar-refractivity contribution in [2.45, 2.75) is 25.9 Å². The Balaban J connectivity index is 1.61. The van der Waals surface area contributed by atoms with Gasteiger partial charge in [-0.25, -0.2) is 0 Å². The molecule has 0 fully saturated rings. The highest BCUT2D eigenvalue weighted by molar-refractivity contribution is 5.82. The Morgan fingerprint density at radius 2 is 1.83 bits per heavy atom. The number of hydrogen-bond donors (Lipinski definition) is 2. The number of aryl methyl sites for hydroxylation is 1. The van der Waals surface area contributed by atoms with Crippen LogP contribution in [-0.2, 0) is 11.3 Å². The normalized spacial score (nSPS) is 14.6.